The van der Waals surface area contributed by atoms with Gasteiger partial charge in [0.15, 0.2) is 0 Å². The summed E-state index contributed by atoms with van der Waals surface area (Å²) in [5, 5.41) is 3.85. The topological polar surface area (TPSA) is 86.3 Å². The molecule has 6 heterocycles. The molecule has 8 heteroatoms. The van der Waals surface area contributed by atoms with Crippen molar-refractivity contribution in [3.63, 3.8) is 0 Å². The number of hydrogen-bond acceptors (Lipinski definition) is 7. The van der Waals surface area contributed by atoms with E-state index in [1.54, 1.807) is 12.5 Å². The molecule has 4 bridgehead atoms. The van der Waals surface area contributed by atoms with E-state index in [0.717, 1.165) is 77.7 Å². The van der Waals surface area contributed by atoms with Crippen LogP contribution in [0, 0.1) is 0 Å². The summed E-state index contributed by atoms with van der Waals surface area (Å²) in [6, 6.07) is 22.3. The van der Waals surface area contributed by atoms with Gasteiger partial charge in [0, 0.05) is 35.3 Å². The van der Waals surface area contributed by atoms with Gasteiger partial charge in [0.1, 0.15) is 11.4 Å². The van der Waals surface area contributed by atoms with Crippen LogP contribution < -0.4 is 5.32 Å². The van der Waals surface area contributed by atoms with Crippen LogP contribution in [-0.4, -0.2) is 53.0 Å². The van der Waals surface area contributed by atoms with Gasteiger partial charge in [-0.1, -0.05) is 48.5 Å². The molecule has 4 aromatic rings. The molecule has 8 rings (SSSR count). The van der Waals surface area contributed by atoms with Crippen molar-refractivity contribution in [3.05, 3.63) is 96.3 Å². The number of carbonyl (C=O) groups excluding carboxylic acids is 1. The molecule has 0 saturated carbocycles. The van der Waals surface area contributed by atoms with Crippen LogP contribution in [0.25, 0.3) is 22.3 Å². The third kappa shape index (κ3) is 6.83. The quantitative estimate of drug-likeness (QED) is 0.191. The van der Waals surface area contributed by atoms with Crippen LogP contribution in [0.5, 0.6) is 0 Å². The summed E-state index contributed by atoms with van der Waals surface area (Å²) in [5.74, 6) is 1.10. The molecule has 6 unspecified atom stereocenters. The second kappa shape index (κ2) is 13.5. The monoisotopic (exact) mass is 664 g/mol. The zero-order valence-electron chi connectivity index (χ0n) is 28.8. The van der Waals surface area contributed by atoms with Crippen LogP contribution in [0.4, 0.5) is 4.79 Å². The van der Waals surface area contributed by atoms with Crippen LogP contribution in [0.1, 0.15) is 88.5 Å². The fraction of sp³-hybridized carbons (Fsp3) is 0.488. The summed E-state index contributed by atoms with van der Waals surface area (Å²) in [6.07, 6.45) is 12.4. The third-order valence-corrected chi connectivity index (χ3v) is 11.0. The van der Waals surface area contributed by atoms with Crippen LogP contribution in [0.3, 0.4) is 0 Å². The van der Waals surface area contributed by atoms with Gasteiger partial charge in [-0.3, -0.25) is 0 Å². The number of piperidine rings is 2. The van der Waals surface area contributed by atoms with E-state index in [0.29, 0.717) is 25.3 Å². The summed E-state index contributed by atoms with van der Waals surface area (Å²) >= 11 is 0. The Hall–Kier alpha value is -3.85. The van der Waals surface area contributed by atoms with Gasteiger partial charge < -0.3 is 33.3 Å². The number of fused-ring (bicyclic) bond motifs is 4. The van der Waals surface area contributed by atoms with Crippen molar-refractivity contribution < 1.29 is 27.8 Å². The number of benzene rings is 2. The lowest BCUT2D eigenvalue weighted by Crippen LogP contribution is -2.50. The summed E-state index contributed by atoms with van der Waals surface area (Å²) in [7, 11) is 0. The Balaban J connectivity index is 0.951. The molecule has 258 valence electrons. The van der Waals surface area contributed by atoms with Crippen molar-refractivity contribution in [3.8, 4) is 22.3 Å². The molecule has 0 spiro atoms. The number of nitrogens with zero attached hydrogens (tertiary/aromatic N) is 1. The first-order chi connectivity index (χ1) is 23.8. The Morgan fingerprint density at radius 2 is 1.53 bits per heavy atom. The lowest BCUT2D eigenvalue weighted by molar-refractivity contribution is -0.0396. The molecule has 49 heavy (non-hydrogen) atoms. The van der Waals surface area contributed by atoms with Crippen LogP contribution in [0.15, 0.2) is 88.3 Å². The number of amides is 1. The zero-order valence-corrected chi connectivity index (χ0v) is 28.8. The van der Waals surface area contributed by atoms with E-state index in [2.05, 4.69) is 59.9 Å². The third-order valence-electron chi connectivity index (χ3n) is 11.0. The van der Waals surface area contributed by atoms with E-state index in [-0.39, 0.29) is 36.3 Å². The Labute approximate surface area is 289 Å². The van der Waals surface area contributed by atoms with Gasteiger partial charge in [0.2, 0.25) is 0 Å². The molecule has 1 N–H and O–H groups in total. The summed E-state index contributed by atoms with van der Waals surface area (Å²) in [4.78, 5) is 14.9. The average molecular weight is 665 g/mol. The predicted molar refractivity (Wildman–Crippen MR) is 187 cm³/mol. The van der Waals surface area contributed by atoms with Gasteiger partial charge in [-0.15, -0.1) is 0 Å². The molecule has 2 aromatic heterocycles. The smallest absolute Gasteiger partial charge is 0.410 e. The first kappa shape index (κ1) is 32.4. The number of furan rings is 2. The van der Waals surface area contributed by atoms with E-state index in [9.17, 15) is 4.79 Å². The maximum absolute atomic E-state index is 12.9. The van der Waals surface area contributed by atoms with Crippen LogP contribution in [-0.2, 0) is 27.4 Å². The molecular weight excluding hydrogens is 616 g/mol. The van der Waals surface area contributed by atoms with E-state index < -0.39 is 5.60 Å². The van der Waals surface area contributed by atoms with Gasteiger partial charge in [0.05, 0.1) is 50.1 Å². The summed E-state index contributed by atoms with van der Waals surface area (Å²) in [6.45, 7) is 6.83. The Kier molecular flexibility index (Phi) is 8.89. The fourth-order valence-corrected chi connectivity index (χ4v) is 8.78. The first-order valence-corrected chi connectivity index (χ1v) is 18.1. The Bertz CT molecular complexity index is 1730. The summed E-state index contributed by atoms with van der Waals surface area (Å²) in [5.41, 5.74) is 6.22. The lowest BCUT2D eigenvalue weighted by Gasteiger charge is -2.39. The van der Waals surface area contributed by atoms with E-state index >= 15 is 0 Å². The molecule has 4 aliphatic rings. The number of ether oxygens (including phenoxy) is 3. The van der Waals surface area contributed by atoms with Crippen molar-refractivity contribution in [1.29, 1.82) is 0 Å². The highest BCUT2D eigenvalue weighted by molar-refractivity contribution is 5.70. The molecule has 4 saturated heterocycles. The minimum absolute atomic E-state index is 0.0515. The minimum Gasteiger partial charge on any atom is -0.472 e. The van der Waals surface area contributed by atoms with E-state index in [1.165, 1.54) is 6.42 Å². The molecule has 4 fully saturated rings. The second-order valence-corrected chi connectivity index (χ2v) is 15.4. The van der Waals surface area contributed by atoms with Gasteiger partial charge in [-0.05, 0) is 100 Å². The van der Waals surface area contributed by atoms with Crippen molar-refractivity contribution >= 4 is 6.09 Å². The van der Waals surface area contributed by atoms with Crippen molar-refractivity contribution in [1.82, 2.24) is 10.2 Å². The first-order valence-electron chi connectivity index (χ1n) is 18.1. The van der Waals surface area contributed by atoms with Gasteiger partial charge in [-0.25, -0.2) is 4.79 Å². The summed E-state index contributed by atoms with van der Waals surface area (Å²) < 4.78 is 30.9. The van der Waals surface area contributed by atoms with Gasteiger partial charge >= 0.3 is 6.09 Å². The zero-order chi connectivity index (χ0) is 33.5. The fourth-order valence-electron chi connectivity index (χ4n) is 8.78. The van der Waals surface area contributed by atoms with Gasteiger partial charge in [0.25, 0.3) is 0 Å². The highest BCUT2D eigenvalue weighted by atomic mass is 16.6. The minimum atomic E-state index is -0.491. The second-order valence-electron chi connectivity index (χ2n) is 15.4. The highest BCUT2D eigenvalue weighted by Gasteiger charge is 2.46. The molecule has 2 aromatic carbocycles. The van der Waals surface area contributed by atoms with Crippen LogP contribution in [0.2, 0.25) is 0 Å². The van der Waals surface area contributed by atoms with Crippen molar-refractivity contribution in [2.24, 2.45) is 0 Å². The molecule has 0 aliphatic carbocycles. The van der Waals surface area contributed by atoms with Crippen molar-refractivity contribution in [2.75, 3.05) is 0 Å². The molecular formula is C41H48N2O6. The molecule has 6 atom stereocenters. The number of carbonyl (C=O) groups is 1. The standard InChI is InChI=1S/C41H48N2O6/c1-41(2,3)49-40(44)43-31-13-14-32(43)21-33(20-31)46-23-26-8-5-7-11-35(26)29-18-37(48-25-29)39-36-15-12-30(42-36)19-38(39)47-24-27-9-4-6-10-34(27)28-16-17-45-22-28/h4-11,16-18,22,25,30-33,36,38-39,42H,12-15,19-21,23-24H2,1-3H3. The molecule has 8 nitrogen and oxygen atoms in total. The van der Waals surface area contributed by atoms with Gasteiger partial charge in [-0.2, -0.15) is 0 Å². The maximum atomic E-state index is 12.9. The largest absolute Gasteiger partial charge is 0.472 e. The number of rotatable bonds is 9. The Morgan fingerprint density at radius 3 is 2.22 bits per heavy atom. The average Bonchev–Trinajstić information content (AvgIpc) is 3.90. The number of hydrogen-bond donors (Lipinski definition) is 1. The van der Waals surface area contributed by atoms with Crippen LogP contribution >= 0.6 is 0 Å². The molecule has 1 amide bonds. The number of nitrogens with one attached hydrogen (secondary N) is 1. The van der Waals surface area contributed by atoms with Crippen molar-refractivity contribution in [2.45, 2.75) is 127 Å². The molecule has 0 radical (unpaired) electrons. The van der Waals surface area contributed by atoms with E-state index in [1.807, 2.05) is 38.0 Å². The Morgan fingerprint density at radius 1 is 0.837 bits per heavy atom. The van der Waals surface area contributed by atoms with E-state index in [4.69, 9.17) is 23.0 Å². The lowest BCUT2D eigenvalue weighted by atomic mass is 9.86. The SMILES string of the molecule is CC(C)(C)OC(=O)N1C2CCC1CC(OCc1ccccc1-c1coc(C3C4CCC(CC3OCc3ccccc3-c3ccoc3)N4)c1)C2. The highest BCUT2D eigenvalue weighted by Crippen LogP contribution is 2.43. The maximum Gasteiger partial charge on any atom is 0.410 e. The molecule has 4 aliphatic heterocycles. The predicted octanol–water partition coefficient (Wildman–Crippen LogP) is 8.85. The normalized spacial score (nSPS) is 27.8.